The standard InChI is InChI=1S/C15H21NO3/c1-2-15-11-9-5-8(12(17)13(9)19-15)10(11)14(18)16(15)6-7-3-4-7/h7-13,17H,2-6H2,1H3. The van der Waals surface area contributed by atoms with Gasteiger partial charge in [-0.25, -0.2) is 0 Å². The van der Waals surface area contributed by atoms with Crippen LogP contribution in [0.3, 0.4) is 0 Å². The van der Waals surface area contributed by atoms with E-state index in [2.05, 4.69) is 11.8 Å². The number of aliphatic hydroxyl groups is 1. The van der Waals surface area contributed by atoms with Crippen molar-refractivity contribution in [2.45, 2.75) is 50.5 Å². The van der Waals surface area contributed by atoms with Crippen LogP contribution in [0.25, 0.3) is 0 Å². The normalized spacial score (nSPS) is 57.6. The van der Waals surface area contributed by atoms with Gasteiger partial charge < -0.3 is 14.7 Å². The molecule has 7 atom stereocenters. The molecule has 2 heterocycles. The van der Waals surface area contributed by atoms with Crippen molar-refractivity contribution in [2.24, 2.45) is 29.6 Å². The molecule has 5 aliphatic rings. The lowest BCUT2D eigenvalue weighted by Crippen LogP contribution is -2.51. The second kappa shape index (κ2) is 3.17. The summed E-state index contributed by atoms with van der Waals surface area (Å²) in [6.07, 6.45) is 4.01. The number of ether oxygens (including phenoxy) is 1. The maximum atomic E-state index is 12.8. The molecule has 104 valence electrons. The van der Waals surface area contributed by atoms with E-state index in [1.807, 2.05) is 0 Å². The average Bonchev–Trinajstić information content (AvgIpc) is 2.87. The lowest BCUT2D eigenvalue weighted by molar-refractivity contribution is -0.179. The summed E-state index contributed by atoms with van der Waals surface area (Å²) in [5.74, 6) is 2.00. The zero-order chi connectivity index (χ0) is 12.9. The van der Waals surface area contributed by atoms with Gasteiger partial charge in [0.05, 0.1) is 18.1 Å². The molecule has 4 heteroatoms. The third-order valence-electron chi connectivity index (χ3n) is 6.56. The van der Waals surface area contributed by atoms with Crippen LogP contribution >= 0.6 is 0 Å². The van der Waals surface area contributed by atoms with Gasteiger partial charge in [-0.2, -0.15) is 0 Å². The fraction of sp³-hybridized carbons (Fsp3) is 0.933. The maximum absolute atomic E-state index is 12.8. The van der Waals surface area contributed by atoms with Crippen LogP contribution in [0.15, 0.2) is 0 Å². The third kappa shape index (κ3) is 1.06. The van der Waals surface area contributed by atoms with E-state index in [-0.39, 0.29) is 29.6 Å². The number of hydrogen-bond donors (Lipinski definition) is 1. The molecule has 5 fully saturated rings. The number of fused-ring (bicyclic) bond motifs is 2. The van der Waals surface area contributed by atoms with Gasteiger partial charge in [-0.3, -0.25) is 4.79 Å². The van der Waals surface area contributed by atoms with Crippen LogP contribution in [0.4, 0.5) is 0 Å². The molecule has 0 aromatic rings. The first-order valence-electron chi connectivity index (χ1n) is 7.84. The predicted molar refractivity (Wildman–Crippen MR) is 66.9 cm³/mol. The van der Waals surface area contributed by atoms with Crippen molar-refractivity contribution in [1.82, 2.24) is 4.90 Å². The minimum atomic E-state index is -0.397. The maximum Gasteiger partial charge on any atom is 0.228 e. The largest absolute Gasteiger partial charge is 0.390 e. The minimum absolute atomic E-state index is 0.000929. The summed E-state index contributed by atoms with van der Waals surface area (Å²) in [4.78, 5) is 14.9. The van der Waals surface area contributed by atoms with Gasteiger partial charge in [0.25, 0.3) is 0 Å². The highest BCUT2D eigenvalue weighted by Gasteiger charge is 2.77. The van der Waals surface area contributed by atoms with E-state index in [1.165, 1.54) is 12.8 Å². The summed E-state index contributed by atoms with van der Waals surface area (Å²) in [5.41, 5.74) is -0.369. The van der Waals surface area contributed by atoms with Gasteiger partial charge in [-0.1, -0.05) is 6.92 Å². The number of likely N-dealkylation sites (tertiary alicyclic amines) is 1. The summed E-state index contributed by atoms with van der Waals surface area (Å²) in [7, 11) is 0. The fourth-order valence-corrected chi connectivity index (χ4v) is 5.67. The van der Waals surface area contributed by atoms with Crippen molar-refractivity contribution in [3.8, 4) is 0 Å². The molecule has 2 saturated heterocycles. The molecule has 7 unspecified atom stereocenters. The van der Waals surface area contributed by atoms with E-state index in [4.69, 9.17) is 4.74 Å². The second-order valence-electron chi connectivity index (χ2n) is 7.28. The monoisotopic (exact) mass is 263 g/mol. The number of hydrogen-bond acceptors (Lipinski definition) is 3. The molecule has 2 aliphatic heterocycles. The molecule has 1 amide bonds. The Labute approximate surface area is 113 Å². The van der Waals surface area contributed by atoms with E-state index in [0.29, 0.717) is 17.8 Å². The summed E-state index contributed by atoms with van der Waals surface area (Å²) >= 11 is 0. The van der Waals surface area contributed by atoms with Crippen molar-refractivity contribution in [2.75, 3.05) is 6.54 Å². The van der Waals surface area contributed by atoms with E-state index in [1.54, 1.807) is 0 Å². The number of carbonyl (C=O) groups excluding carboxylic acids is 1. The molecule has 0 aromatic carbocycles. The Morgan fingerprint density at radius 2 is 2.21 bits per heavy atom. The number of nitrogens with zero attached hydrogens (tertiary/aromatic N) is 1. The van der Waals surface area contributed by atoms with Gasteiger partial charge in [0.15, 0.2) is 0 Å². The van der Waals surface area contributed by atoms with Crippen molar-refractivity contribution < 1.29 is 14.6 Å². The SMILES string of the molecule is CCC12OC3C(O)C4CC3C1C4C(=O)N2CC1CC1. The second-order valence-corrected chi connectivity index (χ2v) is 7.28. The topological polar surface area (TPSA) is 49.8 Å². The summed E-state index contributed by atoms with van der Waals surface area (Å²) in [6, 6.07) is 0. The third-order valence-corrected chi connectivity index (χ3v) is 6.56. The Bertz CT molecular complexity index is 462. The highest BCUT2D eigenvalue weighted by molar-refractivity contribution is 5.84. The molecule has 0 radical (unpaired) electrons. The van der Waals surface area contributed by atoms with E-state index in [0.717, 1.165) is 19.4 Å². The smallest absolute Gasteiger partial charge is 0.228 e. The first-order valence-corrected chi connectivity index (χ1v) is 7.84. The molecular formula is C15H21NO3. The van der Waals surface area contributed by atoms with Crippen LogP contribution in [-0.2, 0) is 9.53 Å². The Kier molecular flexibility index (Phi) is 1.85. The lowest BCUT2D eigenvalue weighted by atomic mass is 9.76. The average molecular weight is 263 g/mol. The lowest BCUT2D eigenvalue weighted by Gasteiger charge is -2.38. The van der Waals surface area contributed by atoms with Crippen LogP contribution < -0.4 is 0 Å². The Hall–Kier alpha value is -0.610. The fourth-order valence-electron chi connectivity index (χ4n) is 5.67. The first-order chi connectivity index (χ1) is 9.17. The van der Waals surface area contributed by atoms with E-state index < -0.39 is 6.10 Å². The summed E-state index contributed by atoms with van der Waals surface area (Å²) in [6.45, 7) is 3.03. The molecule has 0 spiro atoms. The van der Waals surface area contributed by atoms with Crippen molar-refractivity contribution in [3.05, 3.63) is 0 Å². The van der Waals surface area contributed by atoms with Crippen LogP contribution in [0.2, 0.25) is 0 Å². The summed E-state index contributed by atoms with van der Waals surface area (Å²) in [5, 5.41) is 10.3. The van der Waals surface area contributed by atoms with E-state index >= 15 is 0 Å². The van der Waals surface area contributed by atoms with Crippen molar-refractivity contribution >= 4 is 5.91 Å². The van der Waals surface area contributed by atoms with Crippen LogP contribution in [0.5, 0.6) is 0 Å². The van der Waals surface area contributed by atoms with Gasteiger partial charge in [-0.15, -0.1) is 0 Å². The highest BCUT2D eigenvalue weighted by Crippen LogP contribution is 2.68. The molecule has 1 N–H and O–H groups in total. The Morgan fingerprint density at radius 1 is 1.42 bits per heavy atom. The Balaban J connectivity index is 1.60. The van der Waals surface area contributed by atoms with Crippen molar-refractivity contribution in [3.63, 3.8) is 0 Å². The van der Waals surface area contributed by atoms with Gasteiger partial charge in [0.1, 0.15) is 5.72 Å². The quantitative estimate of drug-likeness (QED) is 0.826. The number of carbonyl (C=O) groups is 1. The predicted octanol–water partition coefficient (Wildman–Crippen LogP) is 0.987. The van der Waals surface area contributed by atoms with Crippen molar-refractivity contribution in [1.29, 1.82) is 0 Å². The van der Waals surface area contributed by atoms with Crippen LogP contribution in [0, 0.1) is 29.6 Å². The molecule has 5 rings (SSSR count). The van der Waals surface area contributed by atoms with Gasteiger partial charge in [-0.05, 0) is 43.4 Å². The number of rotatable bonds is 3. The molecule has 0 aromatic heterocycles. The zero-order valence-electron chi connectivity index (χ0n) is 11.3. The molecule has 4 nitrogen and oxygen atoms in total. The molecular weight excluding hydrogens is 242 g/mol. The van der Waals surface area contributed by atoms with Gasteiger partial charge in [0, 0.05) is 12.5 Å². The molecule has 3 saturated carbocycles. The van der Waals surface area contributed by atoms with Gasteiger partial charge in [0.2, 0.25) is 5.91 Å². The van der Waals surface area contributed by atoms with Gasteiger partial charge >= 0.3 is 0 Å². The molecule has 3 aliphatic carbocycles. The number of aliphatic hydroxyl groups excluding tert-OH is 1. The minimum Gasteiger partial charge on any atom is -0.390 e. The number of amides is 1. The Morgan fingerprint density at radius 3 is 2.89 bits per heavy atom. The first kappa shape index (κ1) is 11.1. The van der Waals surface area contributed by atoms with E-state index in [9.17, 15) is 9.90 Å². The van der Waals surface area contributed by atoms with Crippen LogP contribution in [-0.4, -0.2) is 40.4 Å². The molecule has 19 heavy (non-hydrogen) atoms. The summed E-state index contributed by atoms with van der Waals surface area (Å²) < 4.78 is 6.35. The van der Waals surface area contributed by atoms with Crippen LogP contribution in [0.1, 0.15) is 32.6 Å². The zero-order valence-corrected chi connectivity index (χ0v) is 11.3. The highest BCUT2D eigenvalue weighted by atomic mass is 16.6. The molecule has 2 bridgehead atoms.